The quantitative estimate of drug-likeness (QED) is 0.588. The van der Waals surface area contributed by atoms with Crippen molar-refractivity contribution in [1.82, 2.24) is 4.90 Å². The lowest BCUT2D eigenvalue weighted by Crippen LogP contribution is -2.42. The topological polar surface area (TPSA) is 77.8 Å². The number of β-amino-alcohol motifs (C(OH)–C–C–N with tert-alkyl or cyclic N) is 1. The first kappa shape index (κ1) is 10.6. The number of carbonyl (C=O) groups is 2. The molecule has 1 saturated carbocycles. The molecule has 3 atom stereocenters. The molecule has 1 aliphatic heterocycles. The first-order valence-corrected chi connectivity index (χ1v) is 5.05. The summed E-state index contributed by atoms with van der Waals surface area (Å²) in [5, 5.41) is 17.8. The van der Waals surface area contributed by atoms with Gasteiger partial charge in [-0.3, -0.25) is 14.5 Å². The SMILES string of the molecule is CC1(C)C2C(=O)N(CC(O)CO)C(=O)C21. The van der Waals surface area contributed by atoms with Gasteiger partial charge in [0.25, 0.3) is 0 Å². The van der Waals surface area contributed by atoms with E-state index in [4.69, 9.17) is 5.11 Å². The van der Waals surface area contributed by atoms with Crippen molar-refractivity contribution >= 4 is 11.8 Å². The summed E-state index contributed by atoms with van der Waals surface area (Å²) in [6, 6.07) is 0. The first-order valence-electron chi connectivity index (χ1n) is 5.05. The van der Waals surface area contributed by atoms with Crippen LogP contribution in [-0.2, 0) is 9.59 Å². The molecule has 2 aliphatic rings. The van der Waals surface area contributed by atoms with E-state index in [9.17, 15) is 14.7 Å². The first-order chi connectivity index (χ1) is 6.91. The molecular formula is C10H15NO4. The van der Waals surface area contributed by atoms with Crippen molar-refractivity contribution in [3.63, 3.8) is 0 Å². The summed E-state index contributed by atoms with van der Waals surface area (Å²) in [5.41, 5.74) is -0.213. The number of aliphatic hydroxyl groups excluding tert-OH is 2. The van der Waals surface area contributed by atoms with Gasteiger partial charge in [0.05, 0.1) is 31.1 Å². The monoisotopic (exact) mass is 213 g/mol. The Labute approximate surface area is 87.7 Å². The van der Waals surface area contributed by atoms with E-state index in [1.165, 1.54) is 0 Å². The van der Waals surface area contributed by atoms with Crippen molar-refractivity contribution in [2.75, 3.05) is 13.2 Å². The average molecular weight is 213 g/mol. The van der Waals surface area contributed by atoms with E-state index in [2.05, 4.69) is 0 Å². The van der Waals surface area contributed by atoms with Crippen LogP contribution in [0.2, 0.25) is 0 Å². The van der Waals surface area contributed by atoms with Crippen LogP contribution in [-0.4, -0.2) is 46.2 Å². The number of amides is 2. The maximum Gasteiger partial charge on any atom is 0.233 e. The summed E-state index contributed by atoms with van der Waals surface area (Å²) in [4.78, 5) is 24.5. The molecule has 2 fully saturated rings. The highest BCUT2D eigenvalue weighted by molar-refractivity contribution is 6.10. The summed E-state index contributed by atoms with van der Waals surface area (Å²) in [7, 11) is 0. The normalized spacial score (nSPS) is 34.3. The van der Waals surface area contributed by atoms with E-state index in [1.807, 2.05) is 13.8 Å². The summed E-state index contributed by atoms with van der Waals surface area (Å²) >= 11 is 0. The average Bonchev–Trinajstić information content (AvgIpc) is 2.64. The van der Waals surface area contributed by atoms with Crippen LogP contribution < -0.4 is 0 Å². The third-order valence-corrected chi connectivity index (χ3v) is 3.50. The molecule has 15 heavy (non-hydrogen) atoms. The molecule has 0 aromatic carbocycles. The van der Waals surface area contributed by atoms with Crippen molar-refractivity contribution in [3.05, 3.63) is 0 Å². The van der Waals surface area contributed by atoms with E-state index in [0.717, 1.165) is 4.90 Å². The van der Waals surface area contributed by atoms with Gasteiger partial charge < -0.3 is 10.2 Å². The van der Waals surface area contributed by atoms with Gasteiger partial charge in [-0.05, 0) is 5.41 Å². The van der Waals surface area contributed by atoms with E-state index in [0.29, 0.717) is 0 Å². The zero-order chi connectivity index (χ0) is 11.4. The minimum Gasteiger partial charge on any atom is -0.394 e. The minimum atomic E-state index is -1.03. The van der Waals surface area contributed by atoms with Crippen molar-refractivity contribution in [2.45, 2.75) is 20.0 Å². The molecule has 2 amide bonds. The van der Waals surface area contributed by atoms with Gasteiger partial charge in [0.15, 0.2) is 0 Å². The lowest BCUT2D eigenvalue weighted by atomic mass is 10.1. The number of fused-ring (bicyclic) bond motifs is 1. The Bertz CT molecular complexity index is 301. The molecule has 5 heteroatoms. The highest BCUT2D eigenvalue weighted by atomic mass is 16.3. The van der Waals surface area contributed by atoms with Crippen molar-refractivity contribution in [2.24, 2.45) is 17.3 Å². The molecule has 5 nitrogen and oxygen atoms in total. The lowest BCUT2D eigenvalue weighted by molar-refractivity contribution is -0.145. The van der Waals surface area contributed by atoms with Crippen LogP contribution in [0.25, 0.3) is 0 Å². The van der Waals surface area contributed by atoms with Gasteiger partial charge >= 0.3 is 0 Å². The van der Waals surface area contributed by atoms with Gasteiger partial charge in [-0.1, -0.05) is 13.8 Å². The Morgan fingerprint density at radius 1 is 1.33 bits per heavy atom. The summed E-state index contributed by atoms with van der Waals surface area (Å²) in [6.07, 6.45) is -1.03. The second-order valence-electron chi connectivity index (χ2n) is 4.90. The molecule has 0 radical (unpaired) electrons. The molecule has 84 valence electrons. The zero-order valence-corrected chi connectivity index (χ0v) is 8.80. The van der Waals surface area contributed by atoms with Gasteiger partial charge in [0, 0.05) is 0 Å². The largest absolute Gasteiger partial charge is 0.394 e. The maximum absolute atomic E-state index is 11.7. The molecule has 0 aromatic heterocycles. The number of piperidine rings is 1. The van der Waals surface area contributed by atoms with Crippen LogP contribution in [0.1, 0.15) is 13.8 Å². The summed E-state index contributed by atoms with van der Waals surface area (Å²) in [5.74, 6) is -0.836. The molecule has 1 aliphatic carbocycles. The number of nitrogens with zero attached hydrogens (tertiary/aromatic N) is 1. The van der Waals surface area contributed by atoms with Crippen molar-refractivity contribution < 1.29 is 19.8 Å². The molecule has 0 bridgehead atoms. The number of aliphatic hydroxyl groups is 2. The van der Waals surface area contributed by atoms with Gasteiger partial charge in [0.2, 0.25) is 11.8 Å². The van der Waals surface area contributed by atoms with Gasteiger partial charge in [-0.25, -0.2) is 0 Å². The Morgan fingerprint density at radius 2 is 1.80 bits per heavy atom. The lowest BCUT2D eigenvalue weighted by Gasteiger charge is -2.22. The third kappa shape index (κ3) is 1.30. The fourth-order valence-corrected chi connectivity index (χ4v) is 2.45. The Balaban J connectivity index is 2.08. The number of hydrogen-bond donors (Lipinski definition) is 2. The molecule has 0 aromatic rings. The van der Waals surface area contributed by atoms with Gasteiger partial charge in [-0.15, -0.1) is 0 Å². The van der Waals surface area contributed by atoms with Crippen LogP contribution in [0.4, 0.5) is 0 Å². The predicted molar refractivity (Wildman–Crippen MR) is 50.6 cm³/mol. The van der Waals surface area contributed by atoms with Crippen LogP contribution in [0.5, 0.6) is 0 Å². The molecule has 3 unspecified atom stereocenters. The second-order valence-corrected chi connectivity index (χ2v) is 4.90. The van der Waals surface area contributed by atoms with Crippen molar-refractivity contribution in [3.8, 4) is 0 Å². The van der Waals surface area contributed by atoms with Gasteiger partial charge in [0.1, 0.15) is 0 Å². The smallest absolute Gasteiger partial charge is 0.233 e. The van der Waals surface area contributed by atoms with E-state index < -0.39 is 12.7 Å². The number of likely N-dealkylation sites (tertiary alicyclic amines) is 1. The fourth-order valence-electron chi connectivity index (χ4n) is 2.45. The Kier molecular flexibility index (Phi) is 2.13. The van der Waals surface area contributed by atoms with E-state index >= 15 is 0 Å². The summed E-state index contributed by atoms with van der Waals surface area (Å²) in [6.45, 7) is 3.28. The number of rotatable bonds is 3. The maximum atomic E-state index is 11.7. The second kappa shape index (κ2) is 3.02. The van der Waals surface area contributed by atoms with Crippen LogP contribution in [0.15, 0.2) is 0 Å². The molecule has 1 heterocycles. The van der Waals surface area contributed by atoms with Crippen molar-refractivity contribution in [1.29, 1.82) is 0 Å². The van der Waals surface area contributed by atoms with E-state index in [-0.39, 0.29) is 35.6 Å². The zero-order valence-electron chi connectivity index (χ0n) is 8.80. The fraction of sp³-hybridized carbons (Fsp3) is 0.800. The number of carbonyl (C=O) groups excluding carboxylic acids is 2. The van der Waals surface area contributed by atoms with Crippen LogP contribution >= 0.6 is 0 Å². The Morgan fingerprint density at radius 3 is 2.20 bits per heavy atom. The van der Waals surface area contributed by atoms with E-state index in [1.54, 1.807) is 0 Å². The molecule has 2 rings (SSSR count). The number of hydrogen-bond acceptors (Lipinski definition) is 4. The standard InChI is InChI=1S/C10H15NO4/c1-10(2)6-7(10)9(15)11(8(6)14)3-5(13)4-12/h5-7,12-13H,3-4H2,1-2H3. The Hall–Kier alpha value is -0.940. The third-order valence-electron chi connectivity index (χ3n) is 3.50. The van der Waals surface area contributed by atoms with Crippen LogP contribution in [0, 0.1) is 17.3 Å². The van der Waals surface area contributed by atoms with Gasteiger partial charge in [-0.2, -0.15) is 0 Å². The molecule has 0 spiro atoms. The highest BCUT2D eigenvalue weighted by Crippen LogP contribution is 2.63. The molecule has 1 saturated heterocycles. The molecular weight excluding hydrogens is 198 g/mol. The molecule has 2 N–H and O–H groups in total. The predicted octanol–water partition coefficient (Wildman–Crippen LogP) is -1.02. The highest BCUT2D eigenvalue weighted by Gasteiger charge is 2.72. The van der Waals surface area contributed by atoms with Crippen LogP contribution in [0.3, 0.4) is 0 Å². The minimum absolute atomic E-state index is 0.0861. The number of imide groups is 1. The summed E-state index contributed by atoms with van der Waals surface area (Å²) < 4.78 is 0.